The zero-order valence-electron chi connectivity index (χ0n) is 19.3. The van der Waals surface area contributed by atoms with Crippen molar-refractivity contribution < 1.29 is 19.1 Å². The molecule has 0 aliphatic carbocycles. The molecule has 2 aliphatic rings. The summed E-state index contributed by atoms with van der Waals surface area (Å²) >= 11 is 0. The van der Waals surface area contributed by atoms with Crippen LogP contribution in [0, 0.1) is 0 Å². The third-order valence-electron chi connectivity index (χ3n) is 6.55. The van der Waals surface area contributed by atoms with Gasteiger partial charge < -0.3 is 19.4 Å². The Bertz CT molecular complexity index is 1470. The average Bonchev–Trinajstić information content (AvgIpc) is 3.52. The molecule has 0 spiro atoms. The molecule has 35 heavy (non-hydrogen) atoms. The smallest absolute Gasteiger partial charge is 0.276 e. The fourth-order valence-electron chi connectivity index (χ4n) is 4.78. The number of nitrogens with zero attached hydrogens (tertiary/aromatic N) is 3. The average molecular weight is 469 g/mol. The van der Waals surface area contributed by atoms with Crippen LogP contribution in [0.3, 0.4) is 0 Å². The summed E-state index contributed by atoms with van der Waals surface area (Å²) in [6.07, 6.45) is 2.72. The topological polar surface area (TPSA) is 85.7 Å². The van der Waals surface area contributed by atoms with Crippen molar-refractivity contribution in [2.24, 2.45) is 0 Å². The van der Waals surface area contributed by atoms with Gasteiger partial charge in [0.05, 0.1) is 0 Å². The van der Waals surface area contributed by atoms with Gasteiger partial charge in [-0.2, -0.15) is 0 Å². The zero-order chi connectivity index (χ0) is 23.9. The molecular weight excluding hydrogens is 444 g/mol. The molecule has 0 unspecified atom stereocenters. The van der Waals surface area contributed by atoms with Crippen molar-refractivity contribution in [2.75, 3.05) is 24.1 Å². The molecule has 0 bridgehead atoms. The number of rotatable bonds is 4. The number of carbonyl (C=O) groups is 2. The molecule has 0 atom stereocenters. The third-order valence-corrected chi connectivity index (χ3v) is 6.55. The number of fused-ring (bicyclic) bond motifs is 3. The van der Waals surface area contributed by atoms with E-state index >= 15 is 0 Å². The highest BCUT2D eigenvalue weighted by Crippen LogP contribution is 2.35. The second-order valence-corrected chi connectivity index (χ2v) is 8.72. The molecular formula is C27H24N4O4. The molecule has 0 radical (unpaired) electrons. The van der Waals surface area contributed by atoms with Crippen LogP contribution in [0.1, 0.15) is 39.5 Å². The molecule has 2 amide bonds. The maximum atomic E-state index is 13.6. The van der Waals surface area contributed by atoms with E-state index in [-0.39, 0.29) is 18.6 Å². The van der Waals surface area contributed by atoms with Gasteiger partial charge in [0.1, 0.15) is 5.82 Å². The number of amides is 2. The van der Waals surface area contributed by atoms with Gasteiger partial charge in [0.2, 0.25) is 6.79 Å². The van der Waals surface area contributed by atoms with E-state index in [1.807, 2.05) is 47.0 Å². The van der Waals surface area contributed by atoms with Crippen molar-refractivity contribution in [3.8, 4) is 11.5 Å². The molecule has 8 heteroatoms. The van der Waals surface area contributed by atoms with Gasteiger partial charge in [-0.05, 0) is 41.8 Å². The van der Waals surface area contributed by atoms with Crippen molar-refractivity contribution in [1.82, 2.24) is 9.55 Å². The molecule has 2 aliphatic heterocycles. The number of nitrogens with one attached hydrogen (secondary N) is 1. The largest absolute Gasteiger partial charge is 0.454 e. The molecule has 1 aromatic heterocycles. The van der Waals surface area contributed by atoms with Gasteiger partial charge in [-0.3, -0.25) is 14.5 Å². The number of hydrogen-bond acceptors (Lipinski definition) is 5. The molecule has 0 saturated heterocycles. The van der Waals surface area contributed by atoms with Gasteiger partial charge in [0.15, 0.2) is 23.0 Å². The maximum Gasteiger partial charge on any atom is 0.276 e. The van der Waals surface area contributed by atoms with Crippen LogP contribution in [0.15, 0.2) is 60.7 Å². The van der Waals surface area contributed by atoms with E-state index in [0.29, 0.717) is 40.8 Å². The summed E-state index contributed by atoms with van der Waals surface area (Å²) in [7, 11) is 1.68. The van der Waals surface area contributed by atoms with Gasteiger partial charge in [0.25, 0.3) is 11.8 Å². The lowest BCUT2D eigenvalue weighted by molar-refractivity contribution is 0.0993. The normalized spacial score (nSPS) is 14.0. The van der Waals surface area contributed by atoms with Crippen LogP contribution in [0.25, 0.3) is 10.8 Å². The molecule has 8 nitrogen and oxygen atoms in total. The van der Waals surface area contributed by atoms with Crippen molar-refractivity contribution in [3.63, 3.8) is 0 Å². The fourth-order valence-corrected chi connectivity index (χ4v) is 4.78. The minimum Gasteiger partial charge on any atom is -0.454 e. The van der Waals surface area contributed by atoms with E-state index < -0.39 is 0 Å². The van der Waals surface area contributed by atoms with Crippen LogP contribution in [0.2, 0.25) is 0 Å². The van der Waals surface area contributed by atoms with Crippen LogP contribution in [-0.2, 0) is 13.0 Å². The summed E-state index contributed by atoms with van der Waals surface area (Å²) in [6.45, 7) is 0.844. The second kappa shape index (κ2) is 8.47. The first kappa shape index (κ1) is 21.2. The molecule has 3 heterocycles. The predicted molar refractivity (Wildman–Crippen MR) is 132 cm³/mol. The van der Waals surface area contributed by atoms with Crippen LogP contribution < -0.4 is 19.7 Å². The Balaban J connectivity index is 1.37. The molecule has 0 saturated carbocycles. The Labute approximate surface area is 202 Å². The highest BCUT2D eigenvalue weighted by molar-refractivity contribution is 6.16. The Kier molecular flexibility index (Phi) is 5.13. The van der Waals surface area contributed by atoms with E-state index in [1.165, 1.54) is 4.90 Å². The third kappa shape index (κ3) is 3.67. The Hall–Kier alpha value is -4.33. The monoisotopic (exact) mass is 468 g/mol. The first-order valence-corrected chi connectivity index (χ1v) is 11.7. The Morgan fingerprint density at radius 3 is 2.74 bits per heavy atom. The molecule has 3 aromatic carbocycles. The predicted octanol–water partition coefficient (Wildman–Crippen LogP) is 4.63. The number of benzene rings is 3. The Morgan fingerprint density at radius 2 is 1.83 bits per heavy atom. The molecule has 0 fully saturated rings. The summed E-state index contributed by atoms with van der Waals surface area (Å²) < 4.78 is 12.7. The number of hydrogen-bond donors (Lipinski definition) is 1. The number of anilines is 2. The van der Waals surface area contributed by atoms with E-state index in [9.17, 15) is 9.59 Å². The van der Waals surface area contributed by atoms with Crippen LogP contribution in [0.5, 0.6) is 11.5 Å². The lowest BCUT2D eigenvalue weighted by Gasteiger charge is -2.19. The number of imidazole rings is 1. The first-order valence-electron chi connectivity index (χ1n) is 11.7. The number of ether oxygens (including phenoxy) is 2. The maximum absolute atomic E-state index is 13.6. The molecule has 6 rings (SSSR count). The summed E-state index contributed by atoms with van der Waals surface area (Å²) in [5.41, 5.74) is 1.53. The lowest BCUT2D eigenvalue weighted by atomic mass is 10.0. The summed E-state index contributed by atoms with van der Waals surface area (Å²) in [5.74, 6) is 1.87. The molecule has 176 valence electrons. The van der Waals surface area contributed by atoms with E-state index in [0.717, 1.165) is 35.9 Å². The van der Waals surface area contributed by atoms with Crippen molar-refractivity contribution >= 4 is 34.1 Å². The first-order chi connectivity index (χ1) is 17.1. The second-order valence-electron chi connectivity index (χ2n) is 8.72. The van der Waals surface area contributed by atoms with Crippen LogP contribution >= 0.6 is 0 Å². The SMILES string of the molecule is CN(C(=O)c1cccc2ccccc12)c1nc2n(c1C(=O)Nc1ccc3c(c1)OCO3)CCCC2. The lowest BCUT2D eigenvalue weighted by Crippen LogP contribution is -2.30. The minimum atomic E-state index is -0.322. The number of carbonyl (C=O) groups excluding carboxylic acids is 2. The van der Waals surface area contributed by atoms with Crippen molar-refractivity contribution in [1.29, 1.82) is 0 Å². The number of aromatic nitrogens is 2. The van der Waals surface area contributed by atoms with E-state index in [4.69, 9.17) is 14.5 Å². The molecule has 1 N–H and O–H groups in total. The van der Waals surface area contributed by atoms with Gasteiger partial charge in [-0.1, -0.05) is 36.4 Å². The standard InChI is InChI=1S/C27H24N4O4/c1-30(27(33)20-10-6-8-17-7-2-3-9-19(17)20)25-24(31-14-5-4-11-23(31)29-25)26(32)28-18-12-13-21-22(15-18)35-16-34-21/h2-3,6-10,12-13,15H,4-5,11,14,16H2,1H3,(H,28,32). The summed E-state index contributed by atoms with van der Waals surface area (Å²) in [6, 6.07) is 18.7. The summed E-state index contributed by atoms with van der Waals surface area (Å²) in [5, 5.41) is 4.80. The highest BCUT2D eigenvalue weighted by Gasteiger charge is 2.30. The van der Waals surface area contributed by atoms with Crippen LogP contribution in [0.4, 0.5) is 11.5 Å². The van der Waals surface area contributed by atoms with E-state index in [2.05, 4.69) is 5.32 Å². The van der Waals surface area contributed by atoms with Gasteiger partial charge >= 0.3 is 0 Å². The van der Waals surface area contributed by atoms with Gasteiger partial charge in [-0.15, -0.1) is 0 Å². The fraction of sp³-hybridized carbons (Fsp3) is 0.222. The quantitative estimate of drug-likeness (QED) is 0.472. The minimum absolute atomic E-state index is 0.161. The highest BCUT2D eigenvalue weighted by atomic mass is 16.7. The Morgan fingerprint density at radius 1 is 1.00 bits per heavy atom. The van der Waals surface area contributed by atoms with Crippen LogP contribution in [-0.4, -0.2) is 35.2 Å². The van der Waals surface area contributed by atoms with Gasteiger partial charge in [-0.25, -0.2) is 4.98 Å². The summed E-state index contributed by atoms with van der Waals surface area (Å²) in [4.78, 5) is 33.5. The zero-order valence-corrected chi connectivity index (χ0v) is 19.3. The van der Waals surface area contributed by atoms with Crippen molar-refractivity contribution in [3.05, 3.63) is 77.7 Å². The van der Waals surface area contributed by atoms with Gasteiger partial charge in [0, 0.05) is 37.3 Å². The van der Waals surface area contributed by atoms with E-state index in [1.54, 1.807) is 25.2 Å². The molecule has 4 aromatic rings. The van der Waals surface area contributed by atoms with Crippen molar-refractivity contribution in [2.45, 2.75) is 25.8 Å². The number of aryl methyl sites for hydroxylation is 1.